The summed E-state index contributed by atoms with van der Waals surface area (Å²) in [4.78, 5) is 16.0. The lowest BCUT2D eigenvalue weighted by Gasteiger charge is -2.10. The molecule has 0 unspecified atom stereocenters. The van der Waals surface area contributed by atoms with Gasteiger partial charge >= 0.3 is 6.03 Å². The number of benzene rings is 2. The summed E-state index contributed by atoms with van der Waals surface area (Å²) in [5.41, 5.74) is 2.25. The van der Waals surface area contributed by atoms with Crippen LogP contribution in [-0.4, -0.2) is 20.8 Å². The van der Waals surface area contributed by atoms with Gasteiger partial charge in [0.1, 0.15) is 12.7 Å². The van der Waals surface area contributed by atoms with Gasteiger partial charge in [0.05, 0.1) is 17.3 Å². The first kappa shape index (κ1) is 15.1. The molecular formula is C16H14ClN5O. The van der Waals surface area contributed by atoms with E-state index in [1.807, 2.05) is 24.3 Å². The zero-order chi connectivity index (χ0) is 16.1. The Bertz CT molecular complexity index is 804. The van der Waals surface area contributed by atoms with Crippen LogP contribution in [0.1, 0.15) is 5.56 Å². The molecule has 3 aromatic rings. The van der Waals surface area contributed by atoms with E-state index in [1.165, 1.54) is 6.33 Å². The Morgan fingerprint density at radius 3 is 2.78 bits per heavy atom. The first-order valence-electron chi connectivity index (χ1n) is 6.94. The largest absolute Gasteiger partial charge is 0.323 e. The van der Waals surface area contributed by atoms with Crippen LogP contribution in [0.25, 0.3) is 0 Å². The molecule has 116 valence electrons. The van der Waals surface area contributed by atoms with Crippen molar-refractivity contribution in [2.75, 3.05) is 10.6 Å². The Balaban J connectivity index is 1.65. The zero-order valence-electron chi connectivity index (χ0n) is 12.1. The summed E-state index contributed by atoms with van der Waals surface area (Å²) in [6.07, 6.45) is 3.13. The Labute approximate surface area is 138 Å². The SMILES string of the molecule is O=C(Nc1cccc(Cn2cncn2)c1)Nc1ccccc1Cl. The zero-order valence-corrected chi connectivity index (χ0v) is 12.9. The topological polar surface area (TPSA) is 71.8 Å². The predicted molar refractivity (Wildman–Crippen MR) is 89.7 cm³/mol. The second-order valence-corrected chi connectivity index (χ2v) is 5.26. The first-order valence-corrected chi connectivity index (χ1v) is 7.32. The van der Waals surface area contributed by atoms with E-state index in [1.54, 1.807) is 35.3 Å². The normalized spacial score (nSPS) is 10.3. The van der Waals surface area contributed by atoms with E-state index in [9.17, 15) is 4.79 Å². The maximum absolute atomic E-state index is 12.1. The van der Waals surface area contributed by atoms with Crippen molar-refractivity contribution < 1.29 is 4.79 Å². The van der Waals surface area contributed by atoms with Gasteiger partial charge in [-0.25, -0.2) is 14.5 Å². The van der Waals surface area contributed by atoms with Crippen molar-refractivity contribution in [2.45, 2.75) is 6.54 Å². The number of amides is 2. The lowest BCUT2D eigenvalue weighted by atomic mass is 10.2. The molecule has 0 spiro atoms. The molecule has 0 aliphatic rings. The molecular weight excluding hydrogens is 314 g/mol. The molecule has 2 N–H and O–H groups in total. The summed E-state index contributed by atoms with van der Waals surface area (Å²) >= 11 is 6.02. The maximum atomic E-state index is 12.1. The molecule has 0 atom stereocenters. The highest BCUT2D eigenvalue weighted by Crippen LogP contribution is 2.20. The third-order valence-electron chi connectivity index (χ3n) is 3.12. The molecule has 23 heavy (non-hydrogen) atoms. The Morgan fingerprint density at radius 2 is 2.00 bits per heavy atom. The van der Waals surface area contributed by atoms with Gasteiger partial charge in [-0.1, -0.05) is 35.9 Å². The number of para-hydroxylation sites is 1. The van der Waals surface area contributed by atoms with E-state index in [0.29, 0.717) is 22.9 Å². The Kier molecular flexibility index (Phi) is 4.54. The molecule has 7 heteroatoms. The van der Waals surface area contributed by atoms with E-state index in [2.05, 4.69) is 20.7 Å². The number of carbonyl (C=O) groups excluding carboxylic acids is 1. The number of nitrogens with zero attached hydrogens (tertiary/aromatic N) is 3. The fourth-order valence-corrected chi connectivity index (χ4v) is 2.28. The molecule has 2 aromatic carbocycles. The van der Waals surface area contributed by atoms with Gasteiger partial charge in [0.25, 0.3) is 0 Å². The number of carbonyl (C=O) groups is 1. The molecule has 1 heterocycles. The fraction of sp³-hybridized carbons (Fsp3) is 0.0625. The third-order valence-corrected chi connectivity index (χ3v) is 3.45. The Morgan fingerprint density at radius 1 is 1.13 bits per heavy atom. The van der Waals surface area contributed by atoms with Gasteiger partial charge in [-0.2, -0.15) is 5.10 Å². The van der Waals surface area contributed by atoms with Crippen molar-refractivity contribution in [1.82, 2.24) is 14.8 Å². The number of hydrogen-bond acceptors (Lipinski definition) is 3. The molecule has 0 saturated carbocycles. The molecule has 2 amide bonds. The lowest BCUT2D eigenvalue weighted by Crippen LogP contribution is -2.19. The van der Waals surface area contributed by atoms with E-state index in [-0.39, 0.29) is 6.03 Å². The van der Waals surface area contributed by atoms with E-state index < -0.39 is 0 Å². The summed E-state index contributed by atoms with van der Waals surface area (Å²) in [7, 11) is 0. The van der Waals surface area contributed by atoms with Gasteiger partial charge in [-0.3, -0.25) is 0 Å². The van der Waals surface area contributed by atoms with Crippen molar-refractivity contribution in [2.24, 2.45) is 0 Å². The van der Waals surface area contributed by atoms with Crippen molar-refractivity contribution in [3.8, 4) is 0 Å². The van der Waals surface area contributed by atoms with Crippen LogP contribution in [0.15, 0.2) is 61.2 Å². The quantitative estimate of drug-likeness (QED) is 0.768. The standard InChI is InChI=1S/C16H14ClN5O/c17-14-6-1-2-7-15(14)21-16(23)20-13-5-3-4-12(8-13)9-22-11-18-10-19-22/h1-8,10-11H,9H2,(H2,20,21,23). The molecule has 0 fully saturated rings. The highest BCUT2D eigenvalue weighted by Gasteiger charge is 2.06. The number of hydrogen-bond donors (Lipinski definition) is 2. The van der Waals surface area contributed by atoms with Gasteiger partial charge in [0, 0.05) is 5.69 Å². The maximum Gasteiger partial charge on any atom is 0.323 e. The number of urea groups is 1. The lowest BCUT2D eigenvalue weighted by molar-refractivity contribution is 0.262. The van der Waals surface area contributed by atoms with Crippen LogP contribution in [0.3, 0.4) is 0 Å². The highest BCUT2D eigenvalue weighted by atomic mass is 35.5. The average Bonchev–Trinajstić information content (AvgIpc) is 3.03. The van der Waals surface area contributed by atoms with Crippen LogP contribution < -0.4 is 10.6 Å². The average molecular weight is 328 g/mol. The van der Waals surface area contributed by atoms with Gasteiger partial charge in [-0.05, 0) is 29.8 Å². The summed E-state index contributed by atoms with van der Waals surface area (Å²) in [6, 6.07) is 14.2. The first-order chi connectivity index (χ1) is 11.2. The van der Waals surface area contributed by atoms with Crippen LogP contribution in [0.2, 0.25) is 5.02 Å². The van der Waals surface area contributed by atoms with Crippen molar-refractivity contribution in [3.63, 3.8) is 0 Å². The minimum absolute atomic E-state index is 0.351. The number of aromatic nitrogens is 3. The van der Waals surface area contributed by atoms with Gasteiger partial charge in [0.15, 0.2) is 0 Å². The second kappa shape index (κ2) is 6.93. The third kappa shape index (κ3) is 4.08. The number of rotatable bonds is 4. The smallest absolute Gasteiger partial charge is 0.308 e. The Hall–Kier alpha value is -2.86. The molecule has 0 radical (unpaired) electrons. The minimum atomic E-state index is -0.351. The van der Waals surface area contributed by atoms with Gasteiger partial charge in [-0.15, -0.1) is 0 Å². The predicted octanol–water partition coefficient (Wildman–Crippen LogP) is 3.62. The van der Waals surface area contributed by atoms with Crippen molar-refractivity contribution in [3.05, 3.63) is 71.8 Å². The summed E-state index contributed by atoms with van der Waals surface area (Å²) < 4.78 is 1.71. The van der Waals surface area contributed by atoms with E-state index >= 15 is 0 Å². The van der Waals surface area contributed by atoms with Crippen LogP contribution in [-0.2, 0) is 6.54 Å². The van der Waals surface area contributed by atoms with Crippen LogP contribution in [0.5, 0.6) is 0 Å². The number of nitrogens with one attached hydrogen (secondary N) is 2. The number of halogens is 1. The molecule has 6 nitrogen and oxygen atoms in total. The summed E-state index contributed by atoms with van der Waals surface area (Å²) in [6.45, 7) is 0.585. The van der Waals surface area contributed by atoms with Gasteiger partial charge < -0.3 is 10.6 Å². The highest BCUT2D eigenvalue weighted by molar-refractivity contribution is 6.33. The van der Waals surface area contributed by atoms with Crippen LogP contribution in [0.4, 0.5) is 16.2 Å². The summed E-state index contributed by atoms with van der Waals surface area (Å²) in [5, 5.41) is 10.0. The molecule has 0 bridgehead atoms. The van der Waals surface area contributed by atoms with Crippen molar-refractivity contribution >= 4 is 29.0 Å². The monoisotopic (exact) mass is 327 g/mol. The van der Waals surface area contributed by atoms with Crippen LogP contribution in [0, 0.1) is 0 Å². The molecule has 1 aromatic heterocycles. The molecule has 0 aliphatic carbocycles. The minimum Gasteiger partial charge on any atom is -0.308 e. The molecule has 0 saturated heterocycles. The van der Waals surface area contributed by atoms with Gasteiger partial charge in [0.2, 0.25) is 0 Å². The van der Waals surface area contributed by atoms with Crippen LogP contribution >= 0.6 is 11.6 Å². The van der Waals surface area contributed by atoms with E-state index in [4.69, 9.17) is 11.6 Å². The van der Waals surface area contributed by atoms with Crippen molar-refractivity contribution in [1.29, 1.82) is 0 Å². The van der Waals surface area contributed by atoms with E-state index in [0.717, 1.165) is 5.56 Å². The number of anilines is 2. The molecule has 3 rings (SSSR count). The second-order valence-electron chi connectivity index (χ2n) is 4.85. The summed E-state index contributed by atoms with van der Waals surface area (Å²) in [5.74, 6) is 0. The molecule has 0 aliphatic heterocycles. The fourth-order valence-electron chi connectivity index (χ4n) is 2.10.